The van der Waals surface area contributed by atoms with Gasteiger partial charge in [-0.05, 0) is 43.0 Å². The number of amides is 1. The predicted octanol–water partition coefficient (Wildman–Crippen LogP) is 5.23. The molecule has 1 fully saturated rings. The second-order valence-corrected chi connectivity index (χ2v) is 8.87. The Morgan fingerprint density at radius 2 is 1.85 bits per heavy atom. The molecule has 172 valence electrons. The average Bonchev–Trinajstić information content (AvgIpc) is 3.06. The third-order valence-electron chi connectivity index (χ3n) is 6.34. The summed E-state index contributed by atoms with van der Waals surface area (Å²) in [6, 6.07) is 22.7. The van der Waals surface area contributed by atoms with Gasteiger partial charge in [0.15, 0.2) is 0 Å². The Morgan fingerprint density at radius 3 is 2.58 bits per heavy atom. The Kier molecular flexibility index (Phi) is 7.74. The Morgan fingerprint density at radius 1 is 1.00 bits per heavy atom. The Hall–Kier alpha value is -3.18. The maximum Gasteiger partial charge on any atom is 0.231 e. The van der Waals surface area contributed by atoms with Crippen LogP contribution in [0.15, 0.2) is 72.9 Å². The van der Waals surface area contributed by atoms with Crippen LogP contribution in [0.5, 0.6) is 0 Å². The van der Waals surface area contributed by atoms with Gasteiger partial charge in [0, 0.05) is 32.7 Å². The van der Waals surface area contributed by atoms with E-state index in [0.29, 0.717) is 0 Å². The second-order valence-electron chi connectivity index (χ2n) is 8.87. The number of pyridine rings is 1. The van der Waals surface area contributed by atoms with Crippen molar-refractivity contribution in [2.75, 3.05) is 36.4 Å². The molecule has 0 saturated carbocycles. The summed E-state index contributed by atoms with van der Waals surface area (Å²) in [6.07, 6.45) is 3.65. The second kappa shape index (κ2) is 11.1. The van der Waals surface area contributed by atoms with Crippen molar-refractivity contribution in [3.8, 4) is 0 Å². The van der Waals surface area contributed by atoms with Gasteiger partial charge in [-0.1, -0.05) is 67.1 Å². The Labute approximate surface area is 197 Å². The van der Waals surface area contributed by atoms with Crippen LogP contribution in [-0.2, 0) is 11.3 Å². The number of anilines is 2. The minimum absolute atomic E-state index is 0.0137. The zero-order valence-corrected chi connectivity index (χ0v) is 19.7. The van der Waals surface area contributed by atoms with Crippen LogP contribution < -0.4 is 10.2 Å². The van der Waals surface area contributed by atoms with Crippen LogP contribution in [0, 0.1) is 6.92 Å². The molecule has 5 heteroatoms. The molecule has 1 aliphatic heterocycles. The topological polar surface area (TPSA) is 48.5 Å². The molecule has 33 heavy (non-hydrogen) atoms. The number of aromatic nitrogens is 1. The maximum absolute atomic E-state index is 12.8. The van der Waals surface area contributed by atoms with Crippen molar-refractivity contribution in [1.29, 1.82) is 0 Å². The van der Waals surface area contributed by atoms with E-state index < -0.39 is 0 Å². The lowest BCUT2D eigenvalue weighted by atomic mass is 9.95. The molecular weight excluding hydrogens is 408 g/mol. The first-order valence-electron chi connectivity index (χ1n) is 12.0. The summed E-state index contributed by atoms with van der Waals surface area (Å²) in [5.41, 5.74) is 4.48. The lowest BCUT2D eigenvalue weighted by Crippen LogP contribution is -2.31. The highest BCUT2D eigenvalue weighted by Crippen LogP contribution is 2.22. The maximum atomic E-state index is 12.8. The fourth-order valence-electron chi connectivity index (χ4n) is 4.56. The first-order valence-corrected chi connectivity index (χ1v) is 12.0. The summed E-state index contributed by atoms with van der Waals surface area (Å²) < 4.78 is 0. The van der Waals surface area contributed by atoms with E-state index in [0.717, 1.165) is 62.6 Å². The molecule has 1 aliphatic rings. The molecule has 0 spiro atoms. The van der Waals surface area contributed by atoms with Crippen molar-refractivity contribution in [3.05, 3.63) is 89.6 Å². The van der Waals surface area contributed by atoms with E-state index in [1.165, 1.54) is 11.1 Å². The number of carbonyl (C=O) groups excluding carboxylic acids is 1. The molecule has 1 N–H and O–H groups in total. The molecule has 1 aromatic heterocycles. The number of rotatable bonds is 7. The van der Waals surface area contributed by atoms with Crippen LogP contribution in [0.3, 0.4) is 0 Å². The van der Waals surface area contributed by atoms with E-state index in [1.807, 2.05) is 49.4 Å². The molecular formula is C28H34N4O. The summed E-state index contributed by atoms with van der Waals surface area (Å²) in [4.78, 5) is 22.4. The van der Waals surface area contributed by atoms with Gasteiger partial charge in [-0.3, -0.25) is 9.69 Å². The molecule has 1 saturated heterocycles. The van der Waals surface area contributed by atoms with Gasteiger partial charge in [-0.15, -0.1) is 0 Å². The standard InChI is InChI=1S/C28H34N4O/c1-3-26(24-11-5-4-6-12-24)28(33)30-25-13-14-27(29-20-25)32-16-8-15-31(17-18-32)21-23-10-7-9-22(2)19-23/h4-7,9-14,19-20,26H,3,8,15-18,21H2,1-2H3,(H,30,33). The Balaban J connectivity index is 1.33. The van der Waals surface area contributed by atoms with E-state index in [2.05, 4.69) is 51.3 Å². The van der Waals surface area contributed by atoms with Crippen LogP contribution in [0.2, 0.25) is 0 Å². The van der Waals surface area contributed by atoms with Crippen molar-refractivity contribution in [2.45, 2.75) is 39.2 Å². The van der Waals surface area contributed by atoms with Crippen LogP contribution in [0.1, 0.15) is 42.4 Å². The normalized spacial score (nSPS) is 15.6. The molecule has 0 aliphatic carbocycles. The number of nitrogens with one attached hydrogen (secondary N) is 1. The van der Waals surface area contributed by atoms with Crippen LogP contribution in [0.4, 0.5) is 11.5 Å². The van der Waals surface area contributed by atoms with E-state index in [9.17, 15) is 4.79 Å². The molecule has 1 amide bonds. The highest BCUT2D eigenvalue weighted by Gasteiger charge is 2.19. The summed E-state index contributed by atoms with van der Waals surface area (Å²) in [5.74, 6) is 0.830. The molecule has 4 rings (SSSR count). The largest absolute Gasteiger partial charge is 0.355 e. The fraction of sp³-hybridized carbons (Fsp3) is 0.357. The smallest absolute Gasteiger partial charge is 0.231 e. The number of carbonyl (C=O) groups is 1. The van der Waals surface area contributed by atoms with Crippen molar-refractivity contribution >= 4 is 17.4 Å². The zero-order chi connectivity index (χ0) is 23.0. The van der Waals surface area contributed by atoms with E-state index in [1.54, 1.807) is 6.20 Å². The highest BCUT2D eigenvalue weighted by molar-refractivity contribution is 5.95. The lowest BCUT2D eigenvalue weighted by Gasteiger charge is -2.23. The molecule has 0 radical (unpaired) electrons. The molecule has 3 aromatic rings. The first kappa shape index (κ1) is 23.0. The summed E-state index contributed by atoms with van der Waals surface area (Å²) in [6.45, 7) is 9.24. The van der Waals surface area contributed by atoms with Gasteiger partial charge in [-0.25, -0.2) is 4.98 Å². The summed E-state index contributed by atoms with van der Waals surface area (Å²) >= 11 is 0. The van der Waals surface area contributed by atoms with Gasteiger partial charge in [0.25, 0.3) is 0 Å². The molecule has 1 unspecified atom stereocenters. The van der Waals surface area contributed by atoms with Crippen molar-refractivity contribution in [3.63, 3.8) is 0 Å². The molecule has 0 bridgehead atoms. The van der Waals surface area contributed by atoms with Gasteiger partial charge in [-0.2, -0.15) is 0 Å². The Bertz CT molecular complexity index is 1040. The van der Waals surface area contributed by atoms with E-state index in [4.69, 9.17) is 0 Å². The average molecular weight is 443 g/mol. The summed E-state index contributed by atoms with van der Waals surface area (Å²) in [7, 11) is 0. The number of nitrogens with zero attached hydrogens (tertiary/aromatic N) is 3. The minimum atomic E-state index is -0.157. The molecule has 2 aromatic carbocycles. The zero-order valence-electron chi connectivity index (χ0n) is 19.7. The highest BCUT2D eigenvalue weighted by atomic mass is 16.1. The predicted molar refractivity (Wildman–Crippen MR) is 136 cm³/mol. The quantitative estimate of drug-likeness (QED) is 0.544. The SMILES string of the molecule is CCC(C(=O)Nc1ccc(N2CCCN(Cc3cccc(C)c3)CC2)nc1)c1ccccc1. The van der Waals surface area contributed by atoms with Crippen LogP contribution >= 0.6 is 0 Å². The number of benzene rings is 2. The third kappa shape index (κ3) is 6.20. The van der Waals surface area contributed by atoms with Gasteiger partial charge >= 0.3 is 0 Å². The number of aryl methyl sites for hydroxylation is 1. The van der Waals surface area contributed by atoms with E-state index >= 15 is 0 Å². The number of hydrogen-bond acceptors (Lipinski definition) is 4. The third-order valence-corrected chi connectivity index (χ3v) is 6.34. The monoisotopic (exact) mass is 442 g/mol. The van der Waals surface area contributed by atoms with Gasteiger partial charge in [0.1, 0.15) is 5.82 Å². The van der Waals surface area contributed by atoms with Gasteiger partial charge in [0.05, 0.1) is 17.8 Å². The minimum Gasteiger partial charge on any atom is -0.355 e. The van der Waals surface area contributed by atoms with Crippen molar-refractivity contribution in [2.24, 2.45) is 0 Å². The molecule has 2 heterocycles. The van der Waals surface area contributed by atoms with Crippen LogP contribution in [-0.4, -0.2) is 42.0 Å². The van der Waals surface area contributed by atoms with Gasteiger partial charge in [0.2, 0.25) is 5.91 Å². The van der Waals surface area contributed by atoms with E-state index in [-0.39, 0.29) is 11.8 Å². The summed E-state index contributed by atoms with van der Waals surface area (Å²) in [5, 5.41) is 3.04. The molecule has 5 nitrogen and oxygen atoms in total. The van der Waals surface area contributed by atoms with Crippen molar-refractivity contribution in [1.82, 2.24) is 9.88 Å². The first-order chi connectivity index (χ1) is 16.1. The molecule has 1 atom stereocenters. The number of hydrogen-bond donors (Lipinski definition) is 1. The van der Waals surface area contributed by atoms with Gasteiger partial charge < -0.3 is 10.2 Å². The van der Waals surface area contributed by atoms with Crippen LogP contribution in [0.25, 0.3) is 0 Å². The lowest BCUT2D eigenvalue weighted by molar-refractivity contribution is -0.117. The fourth-order valence-corrected chi connectivity index (χ4v) is 4.56. The van der Waals surface area contributed by atoms with Crippen molar-refractivity contribution < 1.29 is 4.79 Å².